The van der Waals surface area contributed by atoms with E-state index >= 15 is 0 Å². The third kappa shape index (κ3) is 5.49. The lowest BCUT2D eigenvalue weighted by atomic mass is 10.1. The van der Waals surface area contributed by atoms with E-state index in [2.05, 4.69) is 37.8 Å². The van der Waals surface area contributed by atoms with Gasteiger partial charge in [-0.2, -0.15) is 4.80 Å². The van der Waals surface area contributed by atoms with Gasteiger partial charge in [-0.05, 0) is 49.6 Å². The van der Waals surface area contributed by atoms with E-state index in [1.807, 2.05) is 39.0 Å². The summed E-state index contributed by atoms with van der Waals surface area (Å²) < 4.78 is 11.1. The molecule has 0 unspecified atom stereocenters. The number of tetrazole rings is 1. The van der Waals surface area contributed by atoms with E-state index in [4.69, 9.17) is 9.15 Å². The molecule has 0 saturated carbocycles. The van der Waals surface area contributed by atoms with E-state index in [1.165, 1.54) is 0 Å². The lowest BCUT2D eigenvalue weighted by Crippen LogP contribution is -1.98. The van der Waals surface area contributed by atoms with Gasteiger partial charge in [0.15, 0.2) is 0 Å². The Balaban J connectivity index is 1.55. The monoisotopic (exact) mass is 396 g/mol. The summed E-state index contributed by atoms with van der Waals surface area (Å²) in [4.78, 5) is 1.57. The second-order valence-electron chi connectivity index (χ2n) is 7.10. The first kappa shape index (κ1) is 20.7. The minimum Gasteiger partial charge on any atom is -0.496 e. The first-order valence-electron chi connectivity index (χ1n) is 10.1. The van der Waals surface area contributed by atoms with Crippen LogP contribution in [0.3, 0.4) is 0 Å². The third-order valence-corrected chi connectivity index (χ3v) is 4.51. The quantitative estimate of drug-likeness (QED) is 0.472. The van der Waals surface area contributed by atoms with Crippen molar-refractivity contribution in [3.05, 3.63) is 41.6 Å². The molecule has 2 aromatic heterocycles. The third-order valence-electron chi connectivity index (χ3n) is 4.51. The van der Waals surface area contributed by atoms with Gasteiger partial charge in [-0.15, -0.1) is 20.4 Å². The van der Waals surface area contributed by atoms with Gasteiger partial charge in [-0.3, -0.25) is 0 Å². The largest absolute Gasteiger partial charge is 0.496 e. The summed E-state index contributed by atoms with van der Waals surface area (Å²) in [7, 11) is 1.67. The fourth-order valence-electron chi connectivity index (χ4n) is 2.85. The van der Waals surface area contributed by atoms with Crippen LogP contribution in [-0.2, 0) is 13.0 Å². The first-order valence-corrected chi connectivity index (χ1v) is 10.1. The Labute approximate surface area is 171 Å². The fourth-order valence-corrected chi connectivity index (χ4v) is 2.85. The highest BCUT2D eigenvalue weighted by Crippen LogP contribution is 2.26. The molecule has 3 rings (SSSR count). The first-order chi connectivity index (χ1) is 14.1. The number of ether oxygens (including phenoxy) is 1. The van der Waals surface area contributed by atoms with Gasteiger partial charge >= 0.3 is 0 Å². The molecule has 0 atom stereocenters. The summed E-state index contributed by atoms with van der Waals surface area (Å²) in [6, 6.07) is 5.91. The molecule has 0 saturated heterocycles. The van der Waals surface area contributed by atoms with E-state index in [1.54, 1.807) is 11.9 Å². The lowest BCUT2D eigenvalue weighted by Gasteiger charge is -2.06. The van der Waals surface area contributed by atoms with Crippen molar-refractivity contribution in [2.24, 2.45) is 0 Å². The number of aryl methyl sites for hydroxylation is 2. The fraction of sp³-hybridized carbons (Fsp3) is 0.476. The van der Waals surface area contributed by atoms with Gasteiger partial charge in [0, 0.05) is 23.5 Å². The summed E-state index contributed by atoms with van der Waals surface area (Å²) in [6.45, 7) is 6.77. The van der Waals surface area contributed by atoms with Crippen LogP contribution >= 0.6 is 0 Å². The summed E-state index contributed by atoms with van der Waals surface area (Å²) >= 11 is 0. The molecule has 0 fully saturated rings. The molecule has 1 aromatic carbocycles. The summed E-state index contributed by atoms with van der Waals surface area (Å²) in [6.07, 6.45) is 8.06. The van der Waals surface area contributed by atoms with Crippen molar-refractivity contribution in [2.75, 3.05) is 7.11 Å². The van der Waals surface area contributed by atoms with Crippen LogP contribution in [0.5, 0.6) is 5.75 Å². The predicted octanol–water partition coefficient (Wildman–Crippen LogP) is 4.30. The smallest absolute Gasteiger partial charge is 0.219 e. The van der Waals surface area contributed by atoms with Gasteiger partial charge in [0.25, 0.3) is 0 Å². The standard InChI is InChI=1S/C21H28N6O2/c1-5-27-25-20(23-26-27)17-12-13-18(28-4)16(14-17)10-8-6-7-9-11-19-22-24-21(29-19)15(2)3/h8,10,12-15H,5-7,9,11H2,1-4H3/b10-8+. The Bertz CT molecular complexity index is 944. The molecule has 0 aliphatic rings. The van der Waals surface area contributed by atoms with Crippen molar-refractivity contribution in [3.63, 3.8) is 0 Å². The van der Waals surface area contributed by atoms with E-state index in [9.17, 15) is 0 Å². The summed E-state index contributed by atoms with van der Waals surface area (Å²) in [5.41, 5.74) is 1.92. The molecule has 0 aliphatic heterocycles. The van der Waals surface area contributed by atoms with Crippen molar-refractivity contribution in [1.29, 1.82) is 0 Å². The van der Waals surface area contributed by atoms with Crippen LogP contribution < -0.4 is 4.74 Å². The zero-order valence-corrected chi connectivity index (χ0v) is 17.5. The van der Waals surface area contributed by atoms with Crippen molar-refractivity contribution >= 4 is 6.08 Å². The number of aromatic nitrogens is 6. The molecule has 0 amide bonds. The Morgan fingerprint density at radius 3 is 2.72 bits per heavy atom. The molecule has 8 nitrogen and oxygen atoms in total. The zero-order valence-electron chi connectivity index (χ0n) is 17.5. The molecule has 0 aliphatic carbocycles. The van der Waals surface area contributed by atoms with Crippen LogP contribution in [0, 0.1) is 0 Å². The number of rotatable bonds is 10. The minimum absolute atomic E-state index is 0.270. The van der Waals surface area contributed by atoms with E-state index in [-0.39, 0.29) is 5.92 Å². The van der Waals surface area contributed by atoms with Gasteiger partial charge in [-0.25, -0.2) is 0 Å². The topological polar surface area (TPSA) is 91.8 Å². The average molecular weight is 396 g/mol. The van der Waals surface area contributed by atoms with Crippen molar-refractivity contribution in [3.8, 4) is 17.1 Å². The Morgan fingerprint density at radius 2 is 2.03 bits per heavy atom. The maximum atomic E-state index is 5.64. The minimum atomic E-state index is 0.270. The maximum Gasteiger partial charge on any atom is 0.219 e. The van der Waals surface area contributed by atoms with Crippen LogP contribution in [0.1, 0.15) is 63.3 Å². The SMILES string of the molecule is CCn1nnc(-c2ccc(OC)c(/C=C/CCCCc3nnc(C(C)C)o3)c2)n1. The van der Waals surface area contributed by atoms with E-state index in [0.717, 1.165) is 48.5 Å². The predicted molar refractivity (Wildman–Crippen MR) is 110 cm³/mol. The normalized spacial score (nSPS) is 11.6. The Hall–Kier alpha value is -3.03. The second-order valence-corrected chi connectivity index (χ2v) is 7.10. The number of benzene rings is 1. The summed E-state index contributed by atoms with van der Waals surface area (Å²) in [5, 5.41) is 20.7. The molecule has 0 radical (unpaired) electrons. The molecular weight excluding hydrogens is 368 g/mol. The van der Waals surface area contributed by atoms with Gasteiger partial charge in [0.1, 0.15) is 5.75 Å². The molecule has 0 bridgehead atoms. The van der Waals surface area contributed by atoms with Crippen LogP contribution in [0.25, 0.3) is 17.5 Å². The van der Waals surface area contributed by atoms with Crippen LogP contribution in [0.15, 0.2) is 28.7 Å². The second kappa shape index (κ2) is 9.95. The van der Waals surface area contributed by atoms with E-state index in [0.29, 0.717) is 18.3 Å². The number of allylic oxidation sites excluding steroid dienone is 1. The van der Waals surface area contributed by atoms with Gasteiger partial charge in [0.2, 0.25) is 17.6 Å². The maximum absolute atomic E-state index is 5.64. The van der Waals surface area contributed by atoms with Gasteiger partial charge in [-0.1, -0.05) is 26.0 Å². The summed E-state index contributed by atoms with van der Waals surface area (Å²) in [5.74, 6) is 3.14. The number of nitrogens with zero attached hydrogens (tertiary/aromatic N) is 6. The highest BCUT2D eigenvalue weighted by Gasteiger charge is 2.10. The highest BCUT2D eigenvalue weighted by molar-refractivity contribution is 5.66. The number of unbranched alkanes of at least 4 members (excludes halogenated alkanes) is 2. The molecule has 3 aromatic rings. The average Bonchev–Trinajstić information content (AvgIpc) is 3.40. The molecule has 0 N–H and O–H groups in total. The zero-order chi connectivity index (χ0) is 20.6. The number of hydrogen-bond acceptors (Lipinski definition) is 7. The molecule has 8 heteroatoms. The van der Waals surface area contributed by atoms with Crippen LogP contribution in [-0.4, -0.2) is 37.5 Å². The molecular formula is C21H28N6O2. The lowest BCUT2D eigenvalue weighted by molar-refractivity contribution is 0.414. The van der Waals surface area contributed by atoms with Crippen molar-refractivity contribution in [2.45, 2.75) is 58.9 Å². The van der Waals surface area contributed by atoms with Crippen LogP contribution in [0.4, 0.5) is 0 Å². The van der Waals surface area contributed by atoms with Crippen molar-refractivity contribution < 1.29 is 9.15 Å². The van der Waals surface area contributed by atoms with Crippen molar-refractivity contribution in [1.82, 2.24) is 30.4 Å². The van der Waals surface area contributed by atoms with Gasteiger partial charge in [0.05, 0.1) is 13.7 Å². The van der Waals surface area contributed by atoms with Crippen LogP contribution in [0.2, 0.25) is 0 Å². The molecule has 0 spiro atoms. The number of hydrogen-bond donors (Lipinski definition) is 0. The number of methoxy groups -OCH3 is 1. The molecule has 154 valence electrons. The molecule has 2 heterocycles. The van der Waals surface area contributed by atoms with Gasteiger partial charge < -0.3 is 9.15 Å². The van der Waals surface area contributed by atoms with E-state index < -0.39 is 0 Å². The Morgan fingerprint density at radius 1 is 1.17 bits per heavy atom. The molecule has 29 heavy (non-hydrogen) atoms. The highest BCUT2D eigenvalue weighted by atomic mass is 16.5. The Kier molecular flexibility index (Phi) is 7.10.